The molecule has 3 fully saturated rings. The molecule has 1 heterocycles. The van der Waals surface area contributed by atoms with E-state index in [-0.39, 0.29) is 17.1 Å². The van der Waals surface area contributed by atoms with E-state index in [0.29, 0.717) is 18.2 Å². The Morgan fingerprint density at radius 2 is 1.71 bits per heavy atom. The number of benzene rings is 1. The van der Waals surface area contributed by atoms with Gasteiger partial charge in [-0.3, -0.25) is 14.5 Å². The number of rotatable bonds is 5. The van der Waals surface area contributed by atoms with Crippen LogP contribution in [-0.4, -0.2) is 33.8 Å². The number of hydrogen-bond acceptors (Lipinski definition) is 3. The van der Waals surface area contributed by atoms with E-state index in [1.807, 2.05) is 11.8 Å². The highest BCUT2D eigenvalue weighted by atomic mass is 127. The van der Waals surface area contributed by atoms with Gasteiger partial charge in [0.25, 0.3) is 0 Å². The molecule has 1 aliphatic heterocycles. The summed E-state index contributed by atoms with van der Waals surface area (Å²) < 4.78 is 1.20. The summed E-state index contributed by atoms with van der Waals surface area (Å²) in [6.07, 6.45) is 11.8. The third kappa shape index (κ3) is 5.32. The second kappa shape index (κ2) is 9.50. The fourth-order valence-corrected chi connectivity index (χ4v) is 6.65. The van der Waals surface area contributed by atoms with Crippen molar-refractivity contribution in [2.45, 2.75) is 74.7 Å². The van der Waals surface area contributed by atoms with Gasteiger partial charge >= 0.3 is 0 Å². The maximum absolute atomic E-state index is 12.9. The number of likely N-dealkylation sites (tertiary alicyclic amines) is 1. The monoisotopic (exact) mass is 511 g/mol. The molecule has 152 valence electrons. The molecule has 0 aromatic heterocycles. The summed E-state index contributed by atoms with van der Waals surface area (Å²) in [5, 5.41) is 0.407. The standard InChI is InChI=1S/C23H30INO2S/c24-19-9-6-16(7-10-19)12-13-25-22(26)15-21(23(25)27)28-20-5-3-1-2-4-17-14-18(17)8-11-20/h6-7,9-10,17-18,20-21H,1-5,8,11-15H2. The molecule has 2 aliphatic carbocycles. The molecule has 5 heteroatoms. The summed E-state index contributed by atoms with van der Waals surface area (Å²) in [4.78, 5) is 26.9. The first-order valence-corrected chi connectivity index (χ1v) is 12.9. The van der Waals surface area contributed by atoms with Crippen molar-refractivity contribution in [2.24, 2.45) is 11.8 Å². The average Bonchev–Trinajstić information content (AvgIpc) is 3.39. The second-order valence-corrected chi connectivity index (χ2v) is 11.4. The molecule has 1 aromatic carbocycles. The number of imide groups is 1. The molecule has 28 heavy (non-hydrogen) atoms. The summed E-state index contributed by atoms with van der Waals surface area (Å²) in [7, 11) is 0. The lowest BCUT2D eigenvalue weighted by molar-refractivity contribution is -0.138. The fourth-order valence-electron chi connectivity index (χ4n) is 4.77. The van der Waals surface area contributed by atoms with Crippen LogP contribution >= 0.6 is 34.4 Å². The van der Waals surface area contributed by atoms with Crippen molar-refractivity contribution in [3.63, 3.8) is 0 Å². The van der Waals surface area contributed by atoms with Crippen LogP contribution in [0.2, 0.25) is 0 Å². The Morgan fingerprint density at radius 3 is 2.54 bits per heavy atom. The van der Waals surface area contributed by atoms with Crippen molar-refractivity contribution in [3.8, 4) is 0 Å². The molecule has 0 bridgehead atoms. The quantitative estimate of drug-likeness (QED) is 0.390. The first-order chi connectivity index (χ1) is 13.6. The summed E-state index contributed by atoms with van der Waals surface area (Å²) in [6.45, 7) is 0.518. The Labute approximate surface area is 186 Å². The highest BCUT2D eigenvalue weighted by molar-refractivity contribution is 14.1. The minimum Gasteiger partial charge on any atom is -0.281 e. The number of carbonyl (C=O) groups is 2. The molecule has 0 N–H and O–H groups in total. The molecule has 0 radical (unpaired) electrons. The van der Waals surface area contributed by atoms with Crippen molar-refractivity contribution < 1.29 is 9.59 Å². The third-order valence-electron chi connectivity index (χ3n) is 6.63. The van der Waals surface area contributed by atoms with E-state index in [1.165, 1.54) is 65.4 Å². The van der Waals surface area contributed by atoms with Crippen molar-refractivity contribution in [2.75, 3.05) is 6.54 Å². The van der Waals surface area contributed by atoms with Gasteiger partial charge in [0.1, 0.15) is 0 Å². The summed E-state index contributed by atoms with van der Waals surface area (Å²) >= 11 is 4.10. The van der Waals surface area contributed by atoms with Crippen LogP contribution in [-0.2, 0) is 16.0 Å². The largest absolute Gasteiger partial charge is 0.281 e. The highest BCUT2D eigenvalue weighted by Crippen LogP contribution is 2.47. The molecule has 3 nitrogen and oxygen atoms in total. The Morgan fingerprint density at radius 1 is 0.964 bits per heavy atom. The molecular weight excluding hydrogens is 481 g/mol. The van der Waals surface area contributed by atoms with Crippen LogP contribution in [0.3, 0.4) is 0 Å². The zero-order valence-electron chi connectivity index (χ0n) is 16.4. The van der Waals surface area contributed by atoms with E-state index >= 15 is 0 Å². The van der Waals surface area contributed by atoms with Gasteiger partial charge in [-0.15, -0.1) is 11.8 Å². The number of thioether (sulfide) groups is 1. The van der Waals surface area contributed by atoms with Crippen molar-refractivity contribution in [3.05, 3.63) is 33.4 Å². The Kier molecular flexibility index (Phi) is 7.02. The number of hydrogen-bond donors (Lipinski definition) is 0. The summed E-state index contributed by atoms with van der Waals surface area (Å²) in [5.74, 6) is 2.03. The van der Waals surface area contributed by atoms with E-state index < -0.39 is 0 Å². The van der Waals surface area contributed by atoms with Crippen LogP contribution in [0, 0.1) is 15.4 Å². The minimum atomic E-state index is -0.146. The molecule has 1 saturated heterocycles. The van der Waals surface area contributed by atoms with Gasteiger partial charge in [0.2, 0.25) is 11.8 Å². The number of halogens is 1. The van der Waals surface area contributed by atoms with Crippen molar-refractivity contribution in [1.29, 1.82) is 0 Å². The smallest absolute Gasteiger partial charge is 0.242 e. The molecule has 2 saturated carbocycles. The third-order valence-corrected chi connectivity index (χ3v) is 8.90. The van der Waals surface area contributed by atoms with Crippen LogP contribution in [0.5, 0.6) is 0 Å². The van der Waals surface area contributed by atoms with E-state index in [4.69, 9.17) is 0 Å². The van der Waals surface area contributed by atoms with Crippen LogP contribution in [0.4, 0.5) is 0 Å². The van der Waals surface area contributed by atoms with Gasteiger partial charge < -0.3 is 0 Å². The van der Waals surface area contributed by atoms with Crippen LogP contribution < -0.4 is 0 Å². The average molecular weight is 511 g/mol. The molecule has 4 unspecified atom stereocenters. The van der Waals surface area contributed by atoms with E-state index in [9.17, 15) is 9.59 Å². The van der Waals surface area contributed by atoms with Gasteiger partial charge in [0.05, 0.1) is 5.25 Å². The number of nitrogens with zero attached hydrogens (tertiary/aromatic N) is 1. The first-order valence-electron chi connectivity index (χ1n) is 10.8. The second-order valence-electron chi connectivity index (χ2n) is 8.68. The molecular formula is C23H30INO2S. The van der Waals surface area contributed by atoms with Gasteiger partial charge in [0.15, 0.2) is 0 Å². The fraction of sp³-hybridized carbons (Fsp3) is 0.652. The number of carbonyl (C=O) groups excluding carboxylic acids is 2. The van der Waals surface area contributed by atoms with Gasteiger partial charge in [-0.25, -0.2) is 0 Å². The first kappa shape index (κ1) is 20.7. The number of fused-ring (bicyclic) bond motifs is 1. The lowest BCUT2D eigenvalue weighted by Gasteiger charge is -2.21. The Balaban J connectivity index is 1.30. The van der Waals surface area contributed by atoms with E-state index in [1.54, 1.807) is 0 Å². The SMILES string of the molecule is O=C1CC(SC2CCCCCC3CC3CC2)C(=O)N1CCc1ccc(I)cc1. The lowest BCUT2D eigenvalue weighted by Crippen LogP contribution is -2.33. The zero-order chi connectivity index (χ0) is 19.5. The molecule has 1 aromatic rings. The zero-order valence-corrected chi connectivity index (χ0v) is 19.4. The van der Waals surface area contributed by atoms with Gasteiger partial charge in [-0.05, 0) is 84.2 Å². The Hall–Kier alpha value is -0.560. The van der Waals surface area contributed by atoms with Gasteiger partial charge in [0, 0.05) is 21.8 Å². The van der Waals surface area contributed by atoms with Crippen LogP contribution in [0.25, 0.3) is 0 Å². The molecule has 0 spiro atoms. The predicted molar refractivity (Wildman–Crippen MR) is 123 cm³/mol. The Bertz CT molecular complexity index is 707. The number of amides is 2. The van der Waals surface area contributed by atoms with Crippen molar-refractivity contribution >= 4 is 46.2 Å². The predicted octanol–water partition coefficient (Wildman–Crippen LogP) is 5.44. The maximum Gasteiger partial charge on any atom is 0.242 e. The van der Waals surface area contributed by atoms with Crippen LogP contribution in [0.15, 0.2) is 24.3 Å². The van der Waals surface area contributed by atoms with E-state index in [2.05, 4.69) is 46.9 Å². The van der Waals surface area contributed by atoms with Crippen molar-refractivity contribution in [1.82, 2.24) is 4.90 Å². The van der Waals surface area contributed by atoms with Gasteiger partial charge in [-0.2, -0.15) is 0 Å². The van der Waals surface area contributed by atoms with Crippen LogP contribution in [0.1, 0.15) is 63.4 Å². The normalized spacial score (nSPS) is 31.0. The molecule has 4 rings (SSSR count). The molecule has 2 amide bonds. The van der Waals surface area contributed by atoms with E-state index in [0.717, 1.165) is 18.3 Å². The lowest BCUT2D eigenvalue weighted by atomic mass is 10.0. The molecule has 4 atom stereocenters. The highest BCUT2D eigenvalue weighted by Gasteiger charge is 2.41. The molecule has 3 aliphatic rings. The minimum absolute atomic E-state index is 0.0233. The van der Waals surface area contributed by atoms with Gasteiger partial charge in [-0.1, -0.05) is 37.8 Å². The summed E-state index contributed by atoms with van der Waals surface area (Å²) in [6, 6.07) is 8.33. The topological polar surface area (TPSA) is 37.4 Å². The summed E-state index contributed by atoms with van der Waals surface area (Å²) in [5.41, 5.74) is 1.18. The maximum atomic E-state index is 12.9.